The molecule has 1 aromatic rings. The molecule has 0 atom stereocenters. The lowest BCUT2D eigenvalue weighted by molar-refractivity contribution is -0.145. The summed E-state index contributed by atoms with van der Waals surface area (Å²) >= 11 is 0. The van der Waals surface area contributed by atoms with Gasteiger partial charge in [-0.3, -0.25) is 24.6 Å². The van der Waals surface area contributed by atoms with Crippen LogP contribution in [0.5, 0.6) is 0 Å². The van der Waals surface area contributed by atoms with Crippen LogP contribution in [0.2, 0.25) is 0 Å². The van der Waals surface area contributed by atoms with Crippen LogP contribution in [0.1, 0.15) is 25.0 Å². The summed E-state index contributed by atoms with van der Waals surface area (Å²) in [6.07, 6.45) is -0.0788. The van der Waals surface area contributed by atoms with Gasteiger partial charge in [0.15, 0.2) is 0 Å². The monoisotopic (exact) mass is 290 g/mol. The lowest BCUT2D eigenvalue weighted by atomic mass is 9.96. The van der Waals surface area contributed by atoms with Gasteiger partial charge in [0, 0.05) is 6.54 Å². The minimum absolute atomic E-state index is 0.0788. The normalized spacial score (nSPS) is 18.4. The molecule has 21 heavy (non-hydrogen) atoms. The van der Waals surface area contributed by atoms with Crippen molar-refractivity contribution in [1.82, 2.24) is 10.2 Å². The highest BCUT2D eigenvalue weighted by Crippen LogP contribution is 2.22. The summed E-state index contributed by atoms with van der Waals surface area (Å²) in [7, 11) is 0. The van der Waals surface area contributed by atoms with E-state index in [1.165, 1.54) is 0 Å². The van der Waals surface area contributed by atoms with E-state index in [0.29, 0.717) is 12.1 Å². The van der Waals surface area contributed by atoms with Crippen LogP contribution in [0.15, 0.2) is 24.3 Å². The fourth-order valence-corrected chi connectivity index (χ4v) is 2.34. The highest BCUT2D eigenvalue weighted by atomic mass is 16.4. The van der Waals surface area contributed by atoms with Crippen molar-refractivity contribution in [3.63, 3.8) is 0 Å². The van der Waals surface area contributed by atoms with Crippen LogP contribution in [0.4, 0.5) is 0 Å². The number of rotatable bonds is 4. The number of imide groups is 1. The number of hydrogen-bond acceptors (Lipinski definition) is 4. The Bertz CT molecular complexity index is 595. The molecule has 2 N–H and O–H groups in total. The van der Waals surface area contributed by atoms with Crippen LogP contribution in [0, 0.1) is 0 Å². The molecule has 0 aromatic heterocycles. The van der Waals surface area contributed by atoms with Crippen LogP contribution in [-0.2, 0) is 27.3 Å². The van der Waals surface area contributed by atoms with E-state index in [2.05, 4.69) is 5.32 Å². The summed E-state index contributed by atoms with van der Waals surface area (Å²) in [6, 6.07) is 7.17. The van der Waals surface area contributed by atoms with E-state index in [1.54, 1.807) is 30.9 Å². The topological polar surface area (TPSA) is 86.7 Å². The molecule has 1 aliphatic heterocycles. The Morgan fingerprint density at radius 1 is 1.29 bits per heavy atom. The number of nitrogens with one attached hydrogen (secondary N) is 1. The van der Waals surface area contributed by atoms with Crippen LogP contribution in [0.3, 0.4) is 0 Å². The molecule has 2 amide bonds. The standard InChI is InChI=1S/C15H18N2O4/c1-15(2)14(21)16-12(18)9-17(15)8-11-6-4-3-5-10(11)7-13(19)20/h3-6H,7-9H2,1-2H3,(H,19,20)(H,16,18,21). The second-order valence-electron chi connectivity index (χ2n) is 5.63. The molecule has 2 rings (SSSR count). The summed E-state index contributed by atoms with van der Waals surface area (Å²) in [6.45, 7) is 3.96. The van der Waals surface area contributed by atoms with Crippen molar-refractivity contribution < 1.29 is 19.5 Å². The van der Waals surface area contributed by atoms with E-state index in [4.69, 9.17) is 5.11 Å². The molecule has 6 nitrogen and oxygen atoms in total. The molecule has 1 aromatic carbocycles. The van der Waals surface area contributed by atoms with Gasteiger partial charge < -0.3 is 5.11 Å². The fourth-order valence-electron chi connectivity index (χ4n) is 2.34. The number of carboxylic acid groups (broad SMARTS) is 1. The van der Waals surface area contributed by atoms with Gasteiger partial charge in [-0.05, 0) is 25.0 Å². The predicted molar refractivity (Wildman–Crippen MR) is 75.4 cm³/mol. The first kappa shape index (κ1) is 15.2. The molecule has 6 heteroatoms. The summed E-state index contributed by atoms with van der Waals surface area (Å²) in [4.78, 5) is 36.2. The van der Waals surface area contributed by atoms with Gasteiger partial charge in [-0.15, -0.1) is 0 Å². The van der Waals surface area contributed by atoms with Crippen LogP contribution in [0.25, 0.3) is 0 Å². The van der Waals surface area contributed by atoms with Gasteiger partial charge in [-0.25, -0.2) is 0 Å². The third-order valence-electron chi connectivity index (χ3n) is 3.75. The Labute approximate surface area is 122 Å². The summed E-state index contributed by atoms with van der Waals surface area (Å²) in [5, 5.41) is 11.3. The number of benzene rings is 1. The largest absolute Gasteiger partial charge is 0.481 e. The fraction of sp³-hybridized carbons (Fsp3) is 0.400. The molecular formula is C15H18N2O4. The third-order valence-corrected chi connectivity index (χ3v) is 3.75. The zero-order valence-corrected chi connectivity index (χ0v) is 12.0. The molecule has 0 bridgehead atoms. The van der Waals surface area contributed by atoms with Crippen molar-refractivity contribution in [2.75, 3.05) is 6.54 Å². The lowest BCUT2D eigenvalue weighted by Gasteiger charge is -2.40. The van der Waals surface area contributed by atoms with Gasteiger partial charge in [-0.2, -0.15) is 0 Å². The number of carbonyl (C=O) groups is 3. The smallest absolute Gasteiger partial charge is 0.307 e. The Balaban J connectivity index is 2.26. The maximum atomic E-state index is 11.9. The molecule has 1 fully saturated rings. The lowest BCUT2D eigenvalue weighted by Crippen LogP contribution is -2.63. The Hall–Kier alpha value is -2.21. The Morgan fingerprint density at radius 3 is 2.52 bits per heavy atom. The van der Waals surface area contributed by atoms with Gasteiger partial charge >= 0.3 is 5.97 Å². The molecule has 0 radical (unpaired) electrons. The minimum atomic E-state index is -0.908. The zero-order chi connectivity index (χ0) is 15.6. The van der Waals surface area contributed by atoms with Crippen LogP contribution < -0.4 is 5.32 Å². The number of amides is 2. The van der Waals surface area contributed by atoms with Crippen molar-refractivity contribution in [2.45, 2.75) is 32.4 Å². The van der Waals surface area contributed by atoms with Crippen molar-refractivity contribution >= 4 is 17.8 Å². The molecule has 1 heterocycles. The first-order valence-electron chi connectivity index (χ1n) is 6.68. The number of nitrogens with zero attached hydrogens (tertiary/aromatic N) is 1. The molecule has 1 aliphatic rings. The van der Waals surface area contributed by atoms with Crippen molar-refractivity contribution in [2.24, 2.45) is 0 Å². The molecule has 0 spiro atoms. The predicted octanol–water partition coefficient (Wildman–Crippen LogP) is 0.551. The van der Waals surface area contributed by atoms with Crippen LogP contribution >= 0.6 is 0 Å². The van der Waals surface area contributed by atoms with Gasteiger partial charge in [0.2, 0.25) is 11.8 Å². The number of carbonyl (C=O) groups excluding carboxylic acids is 2. The summed E-state index contributed by atoms with van der Waals surface area (Å²) < 4.78 is 0. The highest BCUT2D eigenvalue weighted by Gasteiger charge is 2.40. The highest BCUT2D eigenvalue weighted by molar-refractivity contribution is 6.02. The molecule has 112 valence electrons. The maximum absolute atomic E-state index is 11.9. The summed E-state index contributed by atoms with van der Waals surface area (Å²) in [5.41, 5.74) is 0.694. The molecule has 0 unspecified atom stereocenters. The van der Waals surface area contributed by atoms with E-state index in [-0.39, 0.29) is 24.8 Å². The van der Waals surface area contributed by atoms with E-state index >= 15 is 0 Å². The second-order valence-corrected chi connectivity index (χ2v) is 5.63. The molecular weight excluding hydrogens is 272 g/mol. The number of carboxylic acids is 1. The molecule has 1 saturated heterocycles. The summed E-state index contributed by atoms with van der Waals surface area (Å²) in [5.74, 6) is -1.58. The first-order chi connectivity index (χ1) is 9.80. The van der Waals surface area contributed by atoms with Gasteiger partial charge in [0.25, 0.3) is 0 Å². The average Bonchev–Trinajstić information content (AvgIpc) is 2.37. The van der Waals surface area contributed by atoms with Gasteiger partial charge in [0.05, 0.1) is 18.5 Å². The second kappa shape index (κ2) is 5.65. The van der Waals surface area contributed by atoms with Crippen LogP contribution in [-0.4, -0.2) is 39.9 Å². The number of aliphatic carboxylic acids is 1. The van der Waals surface area contributed by atoms with Crippen molar-refractivity contribution in [3.8, 4) is 0 Å². The van der Waals surface area contributed by atoms with E-state index in [9.17, 15) is 14.4 Å². The third kappa shape index (κ3) is 3.28. The quantitative estimate of drug-likeness (QED) is 0.791. The van der Waals surface area contributed by atoms with Gasteiger partial charge in [-0.1, -0.05) is 24.3 Å². The number of hydrogen-bond donors (Lipinski definition) is 2. The SMILES string of the molecule is CC1(C)C(=O)NC(=O)CN1Cc1ccccc1CC(=O)O. The van der Waals surface area contributed by atoms with E-state index < -0.39 is 11.5 Å². The Morgan fingerprint density at radius 2 is 1.90 bits per heavy atom. The van der Waals surface area contributed by atoms with E-state index in [0.717, 1.165) is 5.56 Å². The molecule has 0 saturated carbocycles. The van der Waals surface area contributed by atoms with E-state index in [1.807, 2.05) is 12.1 Å². The van der Waals surface area contributed by atoms with Crippen molar-refractivity contribution in [1.29, 1.82) is 0 Å². The minimum Gasteiger partial charge on any atom is -0.481 e. The van der Waals surface area contributed by atoms with Gasteiger partial charge in [0.1, 0.15) is 0 Å². The zero-order valence-electron chi connectivity index (χ0n) is 12.0. The average molecular weight is 290 g/mol. The molecule has 0 aliphatic carbocycles. The Kier molecular flexibility index (Phi) is 4.09. The van der Waals surface area contributed by atoms with Crippen molar-refractivity contribution in [3.05, 3.63) is 35.4 Å². The number of piperazine rings is 1. The first-order valence-corrected chi connectivity index (χ1v) is 6.68. The maximum Gasteiger partial charge on any atom is 0.307 e.